The number of phenols is 1. The molecule has 0 fully saturated rings. The average molecular weight is 521 g/mol. The number of amides is 1. The molecule has 1 amide bonds. The molecule has 5 N–H and O–H groups in total. The monoisotopic (exact) mass is 520 g/mol. The summed E-state index contributed by atoms with van der Waals surface area (Å²) in [5.74, 6) is -1.45. The molecule has 37 heavy (non-hydrogen) atoms. The summed E-state index contributed by atoms with van der Waals surface area (Å²) in [6, 6.07) is 13.1. The van der Waals surface area contributed by atoms with Crippen molar-refractivity contribution in [1.82, 2.24) is 10.6 Å². The Morgan fingerprint density at radius 1 is 1.03 bits per heavy atom. The van der Waals surface area contributed by atoms with Gasteiger partial charge in [0.2, 0.25) is 0 Å². The number of hydrogen-bond donors (Lipinski definition) is 5. The summed E-state index contributed by atoms with van der Waals surface area (Å²) in [4.78, 5) is 12.6. The van der Waals surface area contributed by atoms with Crippen LogP contribution in [0.4, 0.5) is 17.6 Å². The van der Waals surface area contributed by atoms with E-state index in [0.717, 1.165) is 11.6 Å². The van der Waals surface area contributed by atoms with E-state index in [1.807, 2.05) is 13.0 Å². The Labute approximate surface area is 211 Å². The second kappa shape index (κ2) is 12.2. The third-order valence-electron chi connectivity index (χ3n) is 5.86. The number of aromatic hydroxyl groups is 1. The van der Waals surface area contributed by atoms with Crippen LogP contribution in [0.1, 0.15) is 51.2 Å². The fraction of sp³-hybridized carbons (Fsp3) is 0.296. The molecule has 0 aliphatic carbocycles. The van der Waals surface area contributed by atoms with Gasteiger partial charge in [0.1, 0.15) is 11.6 Å². The molecule has 0 aliphatic heterocycles. The van der Waals surface area contributed by atoms with Gasteiger partial charge in [-0.25, -0.2) is 4.39 Å². The molecule has 0 aliphatic rings. The van der Waals surface area contributed by atoms with Gasteiger partial charge in [-0.2, -0.15) is 13.2 Å². The minimum Gasteiger partial charge on any atom is -0.508 e. The van der Waals surface area contributed by atoms with Crippen LogP contribution in [0.5, 0.6) is 5.75 Å². The third-order valence-corrected chi connectivity index (χ3v) is 5.86. The van der Waals surface area contributed by atoms with E-state index >= 15 is 0 Å². The van der Waals surface area contributed by atoms with Crippen molar-refractivity contribution < 1.29 is 37.7 Å². The summed E-state index contributed by atoms with van der Waals surface area (Å²) in [5.41, 5.74) is 0.673. The predicted octanol–water partition coefficient (Wildman–Crippen LogP) is 4.23. The first-order valence-electron chi connectivity index (χ1n) is 11.5. The van der Waals surface area contributed by atoms with Crippen LogP contribution in [0, 0.1) is 5.82 Å². The van der Waals surface area contributed by atoms with E-state index in [-0.39, 0.29) is 36.1 Å². The second-order valence-electron chi connectivity index (χ2n) is 8.76. The van der Waals surface area contributed by atoms with Gasteiger partial charge < -0.3 is 26.0 Å². The molecule has 3 aromatic rings. The zero-order valence-electron chi connectivity index (χ0n) is 20.0. The number of aliphatic hydroxyl groups is 2. The van der Waals surface area contributed by atoms with Crippen molar-refractivity contribution in [1.29, 1.82) is 0 Å². The van der Waals surface area contributed by atoms with E-state index in [1.165, 1.54) is 12.1 Å². The van der Waals surface area contributed by atoms with Crippen molar-refractivity contribution in [3.8, 4) is 5.75 Å². The van der Waals surface area contributed by atoms with Crippen LogP contribution in [0.3, 0.4) is 0 Å². The van der Waals surface area contributed by atoms with Gasteiger partial charge in [0.25, 0.3) is 5.91 Å². The zero-order chi connectivity index (χ0) is 27.2. The largest absolute Gasteiger partial charge is 0.508 e. The van der Waals surface area contributed by atoms with Crippen molar-refractivity contribution in [2.45, 2.75) is 44.8 Å². The first kappa shape index (κ1) is 28.1. The van der Waals surface area contributed by atoms with Crippen LogP contribution in [0.15, 0.2) is 60.7 Å². The fourth-order valence-corrected chi connectivity index (χ4v) is 3.80. The molecular weight excluding hydrogens is 492 g/mol. The number of aliphatic hydroxyl groups excluding tert-OH is 2. The van der Waals surface area contributed by atoms with Gasteiger partial charge in [-0.1, -0.05) is 18.2 Å². The molecule has 0 bridgehead atoms. The van der Waals surface area contributed by atoms with Crippen LogP contribution < -0.4 is 10.6 Å². The quantitative estimate of drug-likeness (QED) is 0.258. The number of alkyl halides is 3. The van der Waals surface area contributed by atoms with Crippen molar-refractivity contribution in [3.05, 3.63) is 99.9 Å². The highest BCUT2D eigenvalue weighted by molar-refractivity contribution is 5.94. The standard InChI is InChI=1S/C27H28F4N2O4/c1-16(32-14-25(36)18-5-8-24(35)21(11-18)15-34)9-17-3-2-4-19(10-17)26(37)33-13-20-12-22(27(29,30)31)6-7-23(20)28/h2-8,10-12,16,25,32,34-36H,9,13-15H2,1H3,(H,33,37)/t16-,25+/m1/s1. The maximum Gasteiger partial charge on any atom is 0.416 e. The van der Waals surface area contributed by atoms with Gasteiger partial charge in [-0.15, -0.1) is 0 Å². The summed E-state index contributed by atoms with van der Waals surface area (Å²) in [6.07, 6.45) is -4.98. The number of halogens is 4. The Kier molecular flexibility index (Phi) is 9.25. The zero-order valence-corrected chi connectivity index (χ0v) is 20.0. The molecule has 6 nitrogen and oxygen atoms in total. The first-order valence-corrected chi connectivity index (χ1v) is 11.5. The van der Waals surface area contributed by atoms with Gasteiger partial charge in [0, 0.05) is 35.8 Å². The number of nitrogens with one attached hydrogen (secondary N) is 2. The molecule has 3 aromatic carbocycles. The highest BCUT2D eigenvalue weighted by Crippen LogP contribution is 2.30. The number of hydrogen-bond acceptors (Lipinski definition) is 5. The molecule has 0 aromatic heterocycles. The summed E-state index contributed by atoms with van der Waals surface area (Å²) in [7, 11) is 0. The molecule has 10 heteroatoms. The molecule has 0 unspecified atom stereocenters. The summed E-state index contributed by atoms with van der Waals surface area (Å²) in [6.45, 7) is 1.35. The second-order valence-corrected chi connectivity index (χ2v) is 8.76. The normalized spacial score (nSPS) is 13.3. The fourth-order valence-electron chi connectivity index (χ4n) is 3.80. The van der Waals surface area contributed by atoms with Crippen LogP contribution >= 0.6 is 0 Å². The Bertz CT molecular complexity index is 1230. The van der Waals surface area contributed by atoms with Gasteiger partial charge in [0.05, 0.1) is 18.3 Å². The number of carbonyl (C=O) groups excluding carboxylic acids is 1. The maximum absolute atomic E-state index is 13.9. The smallest absolute Gasteiger partial charge is 0.416 e. The lowest BCUT2D eigenvalue weighted by Gasteiger charge is -2.18. The van der Waals surface area contributed by atoms with E-state index in [0.29, 0.717) is 29.7 Å². The van der Waals surface area contributed by atoms with E-state index in [1.54, 1.807) is 24.3 Å². The van der Waals surface area contributed by atoms with Crippen molar-refractivity contribution >= 4 is 5.91 Å². The number of benzene rings is 3. The third kappa shape index (κ3) is 7.75. The van der Waals surface area contributed by atoms with Crippen molar-refractivity contribution in [3.63, 3.8) is 0 Å². The molecule has 2 atom stereocenters. The van der Waals surface area contributed by atoms with Crippen molar-refractivity contribution in [2.75, 3.05) is 6.54 Å². The SMILES string of the molecule is C[C@H](Cc1cccc(C(=O)NCc2cc(C(F)(F)F)ccc2F)c1)NC[C@H](O)c1ccc(O)c(CO)c1. The van der Waals surface area contributed by atoms with Gasteiger partial charge in [-0.05, 0) is 66.9 Å². The Morgan fingerprint density at radius 3 is 2.49 bits per heavy atom. The van der Waals surface area contributed by atoms with E-state index in [4.69, 9.17) is 0 Å². The highest BCUT2D eigenvalue weighted by Gasteiger charge is 2.31. The van der Waals surface area contributed by atoms with Crippen LogP contribution in [-0.4, -0.2) is 33.8 Å². The van der Waals surface area contributed by atoms with Crippen LogP contribution in [0.25, 0.3) is 0 Å². The maximum atomic E-state index is 13.9. The molecule has 0 saturated heterocycles. The lowest BCUT2D eigenvalue weighted by Crippen LogP contribution is -2.32. The van der Waals surface area contributed by atoms with Crippen LogP contribution in [0.2, 0.25) is 0 Å². The minimum absolute atomic E-state index is 0.0522. The Hall–Kier alpha value is -3.47. The minimum atomic E-state index is -4.62. The Balaban J connectivity index is 1.56. The summed E-state index contributed by atoms with van der Waals surface area (Å²) in [5, 5.41) is 35.0. The summed E-state index contributed by atoms with van der Waals surface area (Å²) < 4.78 is 52.6. The predicted molar refractivity (Wildman–Crippen MR) is 129 cm³/mol. The van der Waals surface area contributed by atoms with Crippen molar-refractivity contribution in [2.24, 2.45) is 0 Å². The molecular formula is C27H28F4N2O4. The summed E-state index contributed by atoms with van der Waals surface area (Å²) >= 11 is 0. The topological polar surface area (TPSA) is 102 Å². The lowest BCUT2D eigenvalue weighted by molar-refractivity contribution is -0.137. The molecule has 0 spiro atoms. The lowest BCUT2D eigenvalue weighted by atomic mass is 10.0. The molecule has 0 heterocycles. The average Bonchev–Trinajstić information content (AvgIpc) is 2.86. The molecule has 198 valence electrons. The molecule has 0 radical (unpaired) electrons. The Morgan fingerprint density at radius 2 is 1.78 bits per heavy atom. The van der Waals surface area contributed by atoms with Gasteiger partial charge in [-0.3, -0.25) is 4.79 Å². The molecule has 3 rings (SSSR count). The molecule has 0 saturated carbocycles. The highest BCUT2D eigenvalue weighted by atomic mass is 19.4. The van der Waals surface area contributed by atoms with Crippen LogP contribution in [-0.2, 0) is 25.7 Å². The van der Waals surface area contributed by atoms with E-state index in [9.17, 15) is 37.7 Å². The van der Waals surface area contributed by atoms with E-state index < -0.39 is 36.1 Å². The first-order chi connectivity index (χ1) is 17.5. The number of carbonyl (C=O) groups is 1. The van der Waals surface area contributed by atoms with Gasteiger partial charge >= 0.3 is 6.18 Å². The van der Waals surface area contributed by atoms with Gasteiger partial charge in [0.15, 0.2) is 0 Å². The number of rotatable bonds is 10. The van der Waals surface area contributed by atoms with E-state index in [2.05, 4.69) is 10.6 Å².